The zero-order chi connectivity index (χ0) is 19.1. The molecule has 1 saturated heterocycles. The molecule has 1 heterocycles. The number of nitrogens with zero attached hydrogens (tertiary/aromatic N) is 3. The molecular formula is C19H30N4O2S. The minimum absolute atomic E-state index is 0.0977. The van der Waals surface area contributed by atoms with Crippen molar-refractivity contribution < 1.29 is 9.59 Å². The van der Waals surface area contributed by atoms with E-state index in [1.54, 1.807) is 11.8 Å². The van der Waals surface area contributed by atoms with Gasteiger partial charge in [-0.25, -0.2) is 0 Å². The van der Waals surface area contributed by atoms with Crippen LogP contribution in [-0.2, 0) is 9.59 Å². The van der Waals surface area contributed by atoms with Gasteiger partial charge in [0, 0.05) is 31.1 Å². The number of rotatable bonds is 7. The molecule has 0 bridgehead atoms. The normalized spacial score (nSPS) is 16.6. The molecule has 144 valence electrons. The van der Waals surface area contributed by atoms with Crippen molar-refractivity contribution in [2.24, 2.45) is 0 Å². The summed E-state index contributed by atoms with van der Waals surface area (Å²) in [6, 6.07) is 7.41. The van der Waals surface area contributed by atoms with Crippen molar-refractivity contribution >= 4 is 29.3 Å². The number of carbonyl (C=O) groups is 2. The van der Waals surface area contributed by atoms with Gasteiger partial charge >= 0.3 is 0 Å². The summed E-state index contributed by atoms with van der Waals surface area (Å²) in [5.74, 6) is -0.00924. The molecule has 6 nitrogen and oxygen atoms in total. The molecule has 0 spiro atoms. The molecule has 2 rings (SSSR count). The van der Waals surface area contributed by atoms with E-state index in [4.69, 9.17) is 0 Å². The Morgan fingerprint density at radius 2 is 1.88 bits per heavy atom. The summed E-state index contributed by atoms with van der Waals surface area (Å²) in [7, 11) is 1.82. The first-order chi connectivity index (χ1) is 12.5. The van der Waals surface area contributed by atoms with Crippen molar-refractivity contribution in [3.63, 3.8) is 0 Å². The smallest absolute Gasteiger partial charge is 0.239 e. The summed E-state index contributed by atoms with van der Waals surface area (Å²) in [5.41, 5.74) is 0.813. The monoisotopic (exact) mass is 378 g/mol. The highest BCUT2D eigenvalue weighted by Crippen LogP contribution is 2.24. The number of hydrogen-bond donors (Lipinski definition) is 1. The number of hydrogen-bond acceptors (Lipinski definition) is 5. The highest BCUT2D eigenvalue weighted by atomic mass is 32.2. The Labute approximate surface area is 160 Å². The van der Waals surface area contributed by atoms with Crippen LogP contribution in [0, 0.1) is 0 Å². The number of thioether (sulfide) groups is 1. The average Bonchev–Trinajstić information content (AvgIpc) is 2.67. The molecular weight excluding hydrogens is 348 g/mol. The van der Waals surface area contributed by atoms with Gasteiger partial charge in [-0.1, -0.05) is 19.1 Å². The first-order valence-electron chi connectivity index (χ1n) is 9.10. The van der Waals surface area contributed by atoms with Crippen LogP contribution < -0.4 is 5.32 Å². The second-order valence-corrected chi connectivity index (χ2v) is 7.45. The van der Waals surface area contributed by atoms with Crippen molar-refractivity contribution in [2.75, 3.05) is 57.9 Å². The standard InChI is InChI=1S/C19H30N4O2S/c1-5-22-10-12-23(13-11-22)19(25)15(2)21(3)14-18(24)20-16-8-6-7-9-17(16)26-4/h6-9,15H,5,10-14H2,1-4H3,(H,20,24)/t15-/m1/s1. The molecule has 1 fully saturated rings. The van der Waals surface area contributed by atoms with E-state index in [0.29, 0.717) is 0 Å². The molecule has 1 atom stereocenters. The second-order valence-electron chi connectivity index (χ2n) is 6.60. The van der Waals surface area contributed by atoms with Gasteiger partial charge in [0.05, 0.1) is 18.3 Å². The molecule has 1 N–H and O–H groups in total. The Balaban J connectivity index is 1.86. The third-order valence-electron chi connectivity index (χ3n) is 4.92. The lowest BCUT2D eigenvalue weighted by Crippen LogP contribution is -2.54. The fraction of sp³-hybridized carbons (Fsp3) is 0.579. The molecule has 1 aromatic rings. The fourth-order valence-electron chi connectivity index (χ4n) is 3.04. The maximum Gasteiger partial charge on any atom is 0.239 e. The van der Waals surface area contributed by atoms with Crippen molar-refractivity contribution in [3.05, 3.63) is 24.3 Å². The van der Waals surface area contributed by atoms with E-state index < -0.39 is 0 Å². The lowest BCUT2D eigenvalue weighted by molar-refractivity contribution is -0.138. The topological polar surface area (TPSA) is 55.9 Å². The average molecular weight is 379 g/mol. The van der Waals surface area contributed by atoms with Gasteiger partial charge in [-0.3, -0.25) is 14.5 Å². The molecule has 1 aliphatic rings. The van der Waals surface area contributed by atoms with Gasteiger partial charge in [-0.05, 0) is 38.9 Å². The number of likely N-dealkylation sites (N-methyl/N-ethyl adjacent to an activating group) is 2. The summed E-state index contributed by atoms with van der Waals surface area (Å²) in [6.07, 6.45) is 1.98. The summed E-state index contributed by atoms with van der Waals surface area (Å²) >= 11 is 1.60. The van der Waals surface area contributed by atoms with E-state index in [1.807, 2.05) is 54.3 Å². The number of carbonyl (C=O) groups excluding carboxylic acids is 2. The van der Waals surface area contributed by atoms with Gasteiger partial charge < -0.3 is 15.1 Å². The van der Waals surface area contributed by atoms with E-state index in [2.05, 4.69) is 17.1 Å². The number of anilines is 1. The summed E-state index contributed by atoms with van der Waals surface area (Å²) in [4.78, 5) is 32.2. The van der Waals surface area contributed by atoms with Crippen LogP contribution in [0.4, 0.5) is 5.69 Å². The number of piperazine rings is 1. The van der Waals surface area contributed by atoms with Gasteiger partial charge in [0.1, 0.15) is 0 Å². The minimum Gasteiger partial charge on any atom is -0.339 e. The maximum atomic E-state index is 12.7. The Bertz CT molecular complexity index is 617. The van der Waals surface area contributed by atoms with Crippen molar-refractivity contribution in [2.45, 2.75) is 24.8 Å². The van der Waals surface area contributed by atoms with Gasteiger partial charge in [-0.15, -0.1) is 11.8 Å². The quantitative estimate of drug-likeness (QED) is 0.734. The molecule has 7 heteroatoms. The van der Waals surface area contributed by atoms with Gasteiger partial charge in [0.2, 0.25) is 11.8 Å². The summed E-state index contributed by atoms with van der Waals surface area (Å²) in [6.45, 7) is 8.59. The highest BCUT2D eigenvalue weighted by molar-refractivity contribution is 7.98. The van der Waals surface area contributed by atoms with Crippen LogP contribution in [0.2, 0.25) is 0 Å². The largest absolute Gasteiger partial charge is 0.339 e. The number of amides is 2. The zero-order valence-corrected chi connectivity index (χ0v) is 17.0. The molecule has 0 saturated carbocycles. The lowest BCUT2D eigenvalue weighted by atomic mass is 10.2. The first kappa shape index (κ1) is 20.7. The van der Waals surface area contributed by atoms with Crippen LogP contribution in [0.25, 0.3) is 0 Å². The fourth-order valence-corrected chi connectivity index (χ4v) is 3.59. The van der Waals surface area contributed by atoms with Gasteiger partial charge in [0.25, 0.3) is 0 Å². The predicted octanol–water partition coefficient (Wildman–Crippen LogP) is 1.83. The maximum absolute atomic E-state index is 12.7. The molecule has 0 aromatic heterocycles. The Morgan fingerprint density at radius 1 is 1.23 bits per heavy atom. The Kier molecular flexibility index (Phi) is 7.93. The second kappa shape index (κ2) is 9.94. The number of para-hydroxylation sites is 1. The molecule has 1 aromatic carbocycles. The van der Waals surface area contributed by atoms with Gasteiger partial charge in [-0.2, -0.15) is 0 Å². The van der Waals surface area contributed by atoms with Crippen LogP contribution in [0.15, 0.2) is 29.2 Å². The first-order valence-corrected chi connectivity index (χ1v) is 10.3. The van der Waals surface area contributed by atoms with E-state index in [9.17, 15) is 9.59 Å². The number of nitrogens with one attached hydrogen (secondary N) is 1. The van der Waals surface area contributed by atoms with E-state index >= 15 is 0 Å². The molecule has 0 radical (unpaired) electrons. The summed E-state index contributed by atoms with van der Waals surface area (Å²) < 4.78 is 0. The SMILES string of the molecule is CCN1CCN(C(=O)[C@@H](C)N(C)CC(=O)Nc2ccccc2SC)CC1. The van der Waals surface area contributed by atoms with E-state index in [0.717, 1.165) is 43.3 Å². The zero-order valence-electron chi connectivity index (χ0n) is 16.2. The molecule has 1 aliphatic heterocycles. The highest BCUT2D eigenvalue weighted by Gasteiger charge is 2.27. The molecule has 26 heavy (non-hydrogen) atoms. The van der Waals surface area contributed by atoms with Crippen LogP contribution in [0.5, 0.6) is 0 Å². The van der Waals surface area contributed by atoms with E-state index in [1.165, 1.54) is 0 Å². The van der Waals surface area contributed by atoms with Crippen molar-refractivity contribution in [1.82, 2.24) is 14.7 Å². The third kappa shape index (κ3) is 5.46. The number of benzene rings is 1. The molecule has 0 aliphatic carbocycles. The third-order valence-corrected chi connectivity index (χ3v) is 5.72. The predicted molar refractivity (Wildman–Crippen MR) is 108 cm³/mol. The molecule has 2 amide bonds. The van der Waals surface area contributed by atoms with Crippen LogP contribution in [0.3, 0.4) is 0 Å². The van der Waals surface area contributed by atoms with E-state index in [-0.39, 0.29) is 24.4 Å². The Hall–Kier alpha value is -1.57. The van der Waals surface area contributed by atoms with Crippen molar-refractivity contribution in [1.29, 1.82) is 0 Å². The minimum atomic E-state index is -0.315. The van der Waals surface area contributed by atoms with Gasteiger partial charge in [0.15, 0.2) is 0 Å². The Morgan fingerprint density at radius 3 is 2.50 bits per heavy atom. The molecule has 0 unspecified atom stereocenters. The summed E-state index contributed by atoms with van der Waals surface area (Å²) in [5, 5.41) is 2.95. The van der Waals surface area contributed by atoms with Crippen molar-refractivity contribution in [3.8, 4) is 0 Å². The lowest BCUT2D eigenvalue weighted by Gasteiger charge is -2.36. The van der Waals surface area contributed by atoms with Crippen LogP contribution >= 0.6 is 11.8 Å². The van der Waals surface area contributed by atoms with Crippen LogP contribution in [-0.4, -0.2) is 85.1 Å². The van der Waals surface area contributed by atoms with Crippen LogP contribution in [0.1, 0.15) is 13.8 Å².